The van der Waals surface area contributed by atoms with Gasteiger partial charge in [-0.3, -0.25) is 4.79 Å². The molecule has 7 nitrogen and oxygen atoms in total. The van der Waals surface area contributed by atoms with Crippen LogP contribution in [-0.4, -0.2) is 23.8 Å². The quantitative estimate of drug-likeness (QED) is 0.431. The van der Waals surface area contributed by atoms with Crippen LogP contribution in [0.3, 0.4) is 0 Å². The van der Waals surface area contributed by atoms with Crippen LogP contribution in [0.15, 0.2) is 46.7 Å². The van der Waals surface area contributed by atoms with E-state index in [1.165, 1.54) is 18.3 Å². The van der Waals surface area contributed by atoms with E-state index in [2.05, 4.69) is 21.0 Å². The molecule has 0 spiro atoms. The van der Waals surface area contributed by atoms with E-state index in [-0.39, 0.29) is 23.9 Å². The van der Waals surface area contributed by atoms with E-state index < -0.39 is 0 Å². The summed E-state index contributed by atoms with van der Waals surface area (Å²) in [5.74, 6) is -0.353. The molecule has 124 valence electrons. The Morgan fingerprint density at radius 3 is 2.67 bits per heavy atom. The lowest BCUT2D eigenvalue weighted by molar-refractivity contribution is -0.119. The predicted octanol–water partition coefficient (Wildman–Crippen LogP) is 2.97. The summed E-state index contributed by atoms with van der Waals surface area (Å²) < 4.78 is 0. The third-order valence-corrected chi connectivity index (χ3v) is 3.40. The van der Waals surface area contributed by atoms with Gasteiger partial charge in [0, 0.05) is 11.3 Å². The number of carbonyl (C=O) groups excluding carboxylic acids is 1. The topological polar surface area (TPSA) is 103 Å². The van der Waals surface area contributed by atoms with Crippen molar-refractivity contribution in [3.05, 3.63) is 58.0 Å². The average Bonchev–Trinajstić information content (AvgIpc) is 2.57. The first-order valence-electron chi connectivity index (χ1n) is 7.29. The second-order valence-electron chi connectivity index (χ2n) is 5.25. The van der Waals surface area contributed by atoms with Gasteiger partial charge < -0.3 is 10.4 Å². The maximum atomic E-state index is 11.8. The zero-order valence-corrected chi connectivity index (χ0v) is 13.4. The molecular weight excluding hydrogens is 308 g/mol. The molecule has 0 saturated heterocycles. The van der Waals surface area contributed by atoms with Crippen LogP contribution in [0.5, 0.6) is 5.75 Å². The van der Waals surface area contributed by atoms with Crippen molar-refractivity contribution in [1.82, 2.24) is 5.43 Å². The molecule has 0 unspecified atom stereocenters. The van der Waals surface area contributed by atoms with Crippen LogP contribution >= 0.6 is 0 Å². The van der Waals surface area contributed by atoms with E-state index in [9.17, 15) is 14.8 Å². The van der Waals surface area contributed by atoms with E-state index in [0.717, 1.165) is 11.3 Å². The summed E-state index contributed by atoms with van der Waals surface area (Å²) in [5.41, 5.74) is 5.24. The fraction of sp³-hybridized carbons (Fsp3) is 0.176. The van der Waals surface area contributed by atoms with Gasteiger partial charge in [0.05, 0.1) is 12.8 Å². The number of hydrogen-bond acceptors (Lipinski definition) is 6. The molecule has 0 aliphatic carbocycles. The molecule has 24 heavy (non-hydrogen) atoms. The number of rotatable bonds is 6. The van der Waals surface area contributed by atoms with Crippen LogP contribution in [0, 0.1) is 18.8 Å². The number of aromatic hydroxyl groups is 1. The minimum absolute atomic E-state index is 0.0153. The number of para-hydroxylation sites is 1. The van der Waals surface area contributed by atoms with Crippen molar-refractivity contribution in [2.24, 2.45) is 10.3 Å². The minimum Gasteiger partial charge on any atom is -0.507 e. The number of hydrazone groups is 1. The molecule has 2 rings (SSSR count). The van der Waals surface area contributed by atoms with Gasteiger partial charge in [0.2, 0.25) is 0 Å². The van der Waals surface area contributed by atoms with Crippen molar-refractivity contribution < 1.29 is 9.90 Å². The van der Waals surface area contributed by atoms with Gasteiger partial charge in [-0.1, -0.05) is 18.2 Å². The molecule has 0 aliphatic rings. The number of nitrogens with zero attached hydrogens (tertiary/aromatic N) is 2. The largest absolute Gasteiger partial charge is 0.507 e. The lowest BCUT2D eigenvalue weighted by atomic mass is 10.1. The smallest absolute Gasteiger partial charge is 0.259 e. The summed E-state index contributed by atoms with van der Waals surface area (Å²) in [6, 6.07) is 10.5. The Morgan fingerprint density at radius 2 is 1.96 bits per heavy atom. The summed E-state index contributed by atoms with van der Waals surface area (Å²) >= 11 is 0. The monoisotopic (exact) mass is 326 g/mol. The van der Waals surface area contributed by atoms with Gasteiger partial charge in [0.15, 0.2) is 0 Å². The maximum Gasteiger partial charge on any atom is 0.259 e. The van der Waals surface area contributed by atoms with Crippen molar-refractivity contribution in [1.29, 1.82) is 0 Å². The summed E-state index contributed by atoms with van der Waals surface area (Å²) in [7, 11) is 0. The number of phenolic OH excluding ortho intramolecular Hbond substituents is 1. The Morgan fingerprint density at radius 1 is 1.21 bits per heavy atom. The molecule has 0 atom stereocenters. The average molecular weight is 326 g/mol. The Labute approximate surface area is 139 Å². The van der Waals surface area contributed by atoms with Gasteiger partial charge in [-0.15, -0.1) is 4.91 Å². The van der Waals surface area contributed by atoms with Gasteiger partial charge >= 0.3 is 0 Å². The van der Waals surface area contributed by atoms with Gasteiger partial charge in [-0.25, -0.2) is 5.43 Å². The maximum absolute atomic E-state index is 11.8. The minimum atomic E-state index is -0.338. The molecule has 2 aromatic carbocycles. The summed E-state index contributed by atoms with van der Waals surface area (Å²) in [4.78, 5) is 22.4. The van der Waals surface area contributed by atoms with Crippen molar-refractivity contribution in [2.45, 2.75) is 13.8 Å². The molecule has 7 heteroatoms. The van der Waals surface area contributed by atoms with E-state index in [1.54, 1.807) is 6.92 Å². The van der Waals surface area contributed by atoms with Crippen LogP contribution in [0.4, 0.5) is 11.4 Å². The summed E-state index contributed by atoms with van der Waals surface area (Å²) in [5, 5.41) is 19.5. The number of nitroso groups, excluding NO2 is 1. The van der Waals surface area contributed by atoms with Crippen molar-refractivity contribution in [2.75, 3.05) is 11.9 Å². The zero-order chi connectivity index (χ0) is 17.5. The Kier molecular flexibility index (Phi) is 5.62. The van der Waals surface area contributed by atoms with Gasteiger partial charge in [-0.2, -0.15) is 5.10 Å². The first-order valence-corrected chi connectivity index (χ1v) is 7.29. The third kappa shape index (κ3) is 4.39. The second-order valence-corrected chi connectivity index (χ2v) is 5.25. The van der Waals surface area contributed by atoms with Crippen molar-refractivity contribution in [3.63, 3.8) is 0 Å². The highest BCUT2D eigenvalue weighted by Crippen LogP contribution is 2.26. The fourth-order valence-electron chi connectivity index (χ4n) is 2.10. The molecule has 0 bridgehead atoms. The van der Waals surface area contributed by atoms with Crippen LogP contribution in [-0.2, 0) is 4.79 Å². The van der Waals surface area contributed by atoms with Crippen molar-refractivity contribution in [3.8, 4) is 5.75 Å². The lowest BCUT2D eigenvalue weighted by Crippen LogP contribution is -2.26. The number of phenols is 1. The highest BCUT2D eigenvalue weighted by atomic mass is 16.3. The normalized spacial score (nSPS) is 10.6. The molecule has 1 amide bonds. The summed E-state index contributed by atoms with van der Waals surface area (Å²) in [6.45, 7) is 3.65. The molecule has 0 saturated carbocycles. The molecule has 0 heterocycles. The number of anilines is 1. The lowest BCUT2D eigenvalue weighted by Gasteiger charge is -2.08. The molecular formula is C17H18N4O3. The number of hydrogen-bond donors (Lipinski definition) is 3. The highest BCUT2D eigenvalue weighted by Gasteiger charge is 2.06. The van der Waals surface area contributed by atoms with E-state index in [0.29, 0.717) is 11.1 Å². The van der Waals surface area contributed by atoms with Crippen LogP contribution < -0.4 is 10.7 Å². The van der Waals surface area contributed by atoms with Gasteiger partial charge in [-0.05, 0) is 48.4 Å². The Bertz CT molecular complexity index is 787. The highest BCUT2D eigenvalue weighted by molar-refractivity contribution is 5.87. The SMILES string of the molecule is Cc1ccccc1NCC(=O)N/N=C/c1cc(N=O)cc(C)c1O. The van der Waals surface area contributed by atoms with Crippen LogP contribution in [0.25, 0.3) is 0 Å². The number of benzene rings is 2. The standard InChI is InChI=1S/C17H18N4O3/c1-11-5-3-4-6-15(11)18-10-16(22)20-19-9-13-8-14(21-24)7-12(2)17(13)23/h3-9,18,23H,10H2,1-2H3,(H,20,22)/b19-9+. The van der Waals surface area contributed by atoms with E-state index in [4.69, 9.17) is 0 Å². The molecule has 0 aliphatic heterocycles. The molecule has 2 aromatic rings. The second kappa shape index (κ2) is 7.87. The van der Waals surface area contributed by atoms with Gasteiger partial charge in [0.25, 0.3) is 5.91 Å². The Balaban J connectivity index is 1.94. The number of aryl methyl sites for hydroxylation is 2. The number of carbonyl (C=O) groups is 1. The molecule has 3 N–H and O–H groups in total. The number of amides is 1. The first kappa shape index (κ1) is 17.1. The van der Waals surface area contributed by atoms with Crippen molar-refractivity contribution >= 4 is 23.5 Å². The molecule has 0 fully saturated rings. The summed E-state index contributed by atoms with van der Waals surface area (Å²) in [6.07, 6.45) is 1.27. The number of nitrogens with one attached hydrogen (secondary N) is 2. The van der Waals surface area contributed by atoms with E-state index >= 15 is 0 Å². The third-order valence-electron chi connectivity index (χ3n) is 3.40. The predicted molar refractivity (Wildman–Crippen MR) is 93.7 cm³/mol. The zero-order valence-electron chi connectivity index (χ0n) is 13.4. The molecule has 0 radical (unpaired) electrons. The van der Waals surface area contributed by atoms with Gasteiger partial charge in [0.1, 0.15) is 11.4 Å². The van der Waals surface area contributed by atoms with Crippen LogP contribution in [0.2, 0.25) is 0 Å². The van der Waals surface area contributed by atoms with E-state index in [1.807, 2.05) is 31.2 Å². The first-order chi connectivity index (χ1) is 11.5. The fourth-order valence-corrected chi connectivity index (χ4v) is 2.10. The Hall–Kier alpha value is -3.22. The van der Waals surface area contributed by atoms with Crippen LogP contribution in [0.1, 0.15) is 16.7 Å². The molecule has 0 aromatic heterocycles.